The van der Waals surface area contributed by atoms with Crippen molar-refractivity contribution in [2.75, 3.05) is 19.7 Å². The van der Waals surface area contributed by atoms with Gasteiger partial charge in [-0.1, -0.05) is 13.8 Å². The van der Waals surface area contributed by atoms with Crippen LogP contribution in [-0.4, -0.2) is 42.8 Å². The van der Waals surface area contributed by atoms with E-state index in [2.05, 4.69) is 26.1 Å². The molecule has 2 rings (SSSR count). The second kappa shape index (κ2) is 4.62. The van der Waals surface area contributed by atoms with Crippen molar-refractivity contribution in [1.82, 2.24) is 10.2 Å². The van der Waals surface area contributed by atoms with Gasteiger partial charge in [0.05, 0.1) is 12.6 Å². The number of likely N-dealkylation sites (tertiary alicyclic amines) is 1. The van der Waals surface area contributed by atoms with Crippen molar-refractivity contribution in [2.45, 2.75) is 39.3 Å². The van der Waals surface area contributed by atoms with Crippen LogP contribution in [0.15, 0.2) is 0 Å². The largest absolute Gasteiger partial charge is 0.449 e. The number of carbonyl (C=O) groups is 1. The second-order valence-electron chi connectivity index (χ2n) is 5.45. The molecule has 1 N–H and O–H groups in total. The maximum absolute atomic E-state index is 12.0. The number of amides is 1. The number of rotatable bonds is 2. The maximum atomic E-state index is 12.0. The zero-order valence-corrected chi connectivity index (χ0v) is 10.4. The topological polar surface area (TPSA) is 41.6 Å². The summed E-state index contributed by atoms with van der Waals surface area (Å²) in [5.74, 6) is 1.03. The van der Waals surface area contributed by atoms with Crippen LogP contribution in [0.5, 0.6) is 0 Å². The summed E-state index contributed by atoms with van der Waals surface area (Å²) in [4.78, 5) is 13.9. The SMILES string of the molecule is CC(C)COC(=O)N1[C@H](C)C[C@H]2CNC[C@H]21. The van der Waals surface area contributed by atoms with Gasteiger partial charge < -0.3 is 15.0 Å². The summed E-state index contributed by atoms with van der Waals surface area (Å²) in [5.41, 5.74) is 0. The smallest absolute Gasteiger partial charge is 0.410 e. The molecule has 0 bridgehead atoms. The summed E-state index contributed by atoms with van der Waals surface area (Å²) < 4.78 is 5.33. The van der Waals surface area contributed by atoms with Gasteiger partial charge in [-0.3, -0.25) is 0 Å². The molecule has 0 aromatic heterocycles. The summed E-state index contributed by atoms with van der Waals surface area (Å²) in [6, 6.07) is 0.687. The van der Waals surface area contributed by atoms with E-state index in [4.69, 9.17) is 4.74 Å². The zero-order valence-electron chi connectivity index (χ0n) is 10.4. The van der Waals surface area contributed by atoms with Crippen LogP contribution in [0.3, 0.4) is 0 Å². The number of carbonyl (C=O) groups excluding carboxylic acids is 1. The van der Waals surface area contributed by atoms with Crippen molar-refractivity contribution in [1.29, 1.82) is 0 Å². The minimum Gasteiger partial charge on any atom is -0.449 e. The van der Waals surface area contributed by atoms with Crippen LogP contribution in [0, 0.1) is 11.8 Å². The number of fused-ring (bicyclic) bond motifs is 1. The first-order valence-corrected chi connectivity index (χ1v) is 6.25. The first kappa shape index (κ1) is 11.7. The molecule has 3 atom stereocenters. The first-order chi connectivity index (χ1) is 7.59. The molecule has 0 radical (unpaired) electrons. The molecule has 0 aromatic carbocycles. The lowest BCUT2D eigenvalue weighted by atomic mass is 10.0. The highest BCUT2D eigenvalue weighted by Gasteiger charge is 2.44. The molecule has 0 aliphatic carbocycles. The third-order valence-electron chi connectivity index (χ3n) is 3.53. The van der Waals surface area contributed by atoms with Gasteiger partial charge in [0, 0.05) is 19.1 Å². The highest BCUT2D eigenvalue weighted by molar-refractivity contribution is 5.69. The Morgan fingerprint density at radius 2 is 2.25 bits per heavy atom. The lowest BCUT2D eigenvalue weighted by Gasteiger charge is -2.27. The van der Waals surface area contributed by atoms with Gasteiger partial charge >= 0.3 is 6.09 Å². The first-order valence-electron chi connectivity index (χ1n) is 6.25. The molecule has 2 aliphatic rings. The molecule has 0 saturated carbocycles. The Hall–Kier alpha value is -0.770. The number of nitrogens with one attached hydrogen (secondary N) is 1. The van der Waals surface area contributed by atoms with Gasteiger partial charge in [-0.25, -0.2) is 4.79 Å². The van der Waals surface area contributed by atoms with E-state index in [0.717, 1.165) is 19.5 Å². The molecule has 0 aromatic rings. The third-order valence-corrected chi connectivity index (χ3v) is 3.53. The molecule has 2 saturated heterocycles. The predicted octanol–water partition coefficient (Wildman–Crippen LogP) is 1.46. The fourth-order valence-corrected chi connectivity index (χ4v) is 2.79. The third kappa shape index (κ3) is 2.17. The van der Waals surface area contributed by atoms with E-state index in [-0.39, 0.29) is 6.09 Å². The van der Waals surface area contributed by atoms with Gasteiger partial charge in [0.1, 0.15) is 0 Å². The van der Waals surface area contributed by atoms with Crippen molar-refractivity contribution in [3.63, 3.8) is 0 Å². The Balaban J connectivity index is 1.94. The lowest BCUT2D eigenvalue weighted by Crippen LogP contribution is -2.43. The number of ether oxygens (including phenoxy) is 1. The van der Waals surface area contributed by atoms with Crippen molar-refractivity contribution < 1.29 is 9.53 Å². The Labute approximate surface area is 97.3 Å². The quantitative estimate of drug-likeness (QED) is 0.775. The van der Waals surface area contributed by atoms with E-state index in [0.29, 0.717) is 30.5 Å². The summed E-state index contributed by atoms with van der Waals surface area (Å²) in [6.45, 7) is 8.72. The number of nitrogens with zero attached hydrogens (tertiary/aromatic N) is 1. The minimum absolute atomic E-state index is 0.127. The molecular formula is C12H22N2O2. The molecule has 1 amide bonds. The summed E-state index contributed by atoms with van der Waals surface area (Å²) in [6.07, 6.45) is 0.978. The van der Waals surface area contributed by atoms with Crippen molar-refractivity contribution >= 4 is 6.09 Å². The van der Waals surface area contributed by atoms with Crippen molar-refractivity contribution in [2.24, 2.45) is 11.8 Å². The Kier molecular flexibility index (Phi) is 3.38. The summed E-state index contributed by atoms with van der Waals surface area (Å²) in [7, 11) is 0. The van der Waals surface area contributed by atoms with Crippen LogP contribution >= 0.6 is 0 Å². The Morgan fingerprint density at radius 1 is 1.50 bits per heavy atom. The molecule has 2 aliphatic heterocycles. The second-order valence-corrected chi connectivity index (χ2v) is 5.45. The molecule has 16 heavy (non-hydrogen) atoms. The van der Waals surface area contributed by atoms with Crippen LogP contribution in [0.25, 0.3) is 0 Å². The van der Waals surface area contributed by atoms with E-state index in [1.807, 2.05) is 4.90 Å². The van der Waals surface area contributed by atoms with Crippen molar-refractivity contribution in [3.8, 4) is 0 Å². The van der Waals surface area contributed by atoms with Crippen molar-refractivity contribution in [3.05, 3.63) is 0 Å². The zero-order chi connectivity index (χ0) is 11.7. The molecule has 0 spiro atoms. The number of hydrogen-bond donors (Lipinski definition) is 1. The van der Waals surface area contributed by atoms with E-state index in [9.17, 15) is 4.79 Å². The van der Waals surface area contributed by atoms with E-state index < -0.39 is 0 Å². The van der Waals surface area contributed by atoms with Gasteiger partial charge in [0.15, 0.2) is 0 Å². The molecule has 2 heterocycles. The molecule has 2 fully saturated rings. The number of hydrogen-bond acceptors (Lipinski definition) is 3. The fourth-order valence-electron chi connectivity index (χ4n) is 2.79. The van der Waals surface area contributed by atoms with Crippen LogP contribution in [0.1, 0.15) is 27.2 Å². The van der Waals surface area contributed by atoms with Crippen LogP contribution in [0.4, 0.5) is 4.79 Å². The molecule has 0 unspecified atom stereocenters. The van der Waals surface area contributed by atoms with E-state index >= 15 is 0 Å². The average Bonchev–Trinajstić information content (AvgIpc) is 2.73. The van der Waals surface area contributed by atoms with Crippen LogP contribution in [0.2, 0.25) is 0 Å². The normalized spacial score (nSPS) is 33.2. The summed E-state index contributed by atoms with van der Waals surface area (Å²) >= 11 is 0. The van der Waals surface area contributed by atoms with Gasteiger partial charge in [-0.2, -0.15) is 0 Å². The van der Waals surface area contributed by atoms with Crippen LogP contribution < -0.4 is 5.32 Å². The maximum Gasteiger partial charge on any atom is 0.410 e. The lowest BCUT2D eigenvalue weighted by molar-refractivity contribution is 0.0778. The molecule has 4 heteroatoms. The highest BCUT2D eigenvalue weighted by atomic mass is 16.6. The Bertz CT molecular complexity index is 268. The van der Waals surface area contributed by atoms with Gasteiger partial charge in [0.2, 0.25) is 0 Å². The Morgan fingerprint density at radius 3 is 2.94 bits per heavy atom. The van der Waals surface area contributed by atoms with Gasteiger partial charge in [0.25, 0.3) is 0 Å². The van der Waals surface area contributed by atoms with Crippen LogP contribution in [-0.2, 0) is 4.74 Å². The molecule has 92 valence electrons. The highest BCUT2D eigenvalue weighted by Crippen LogP contribution is 2.32. The molecular weight excluding hydrogens is 204 g/mol. The monoisotopic (exact) mass is 226 g/mol. The average molecular weight is 226 g/mol. The summed E-state index contributed by atoms with van der Waals surface area (Å²) in [5, 5.41) is 3.35. The standard InChI is InChI=1S/C12H22N2O2/c1-8(2)7-16-12(15)14-9(3)4-10-5-13-6-11(10)14/h8-11,13H,4-7H2,1-3H3/t9-,10+,11-/m1/s1. The van der Waals surface area contributed by atoms with Gasteiger partial charge in [-0.15, -0.1) is 0 Å². The predicted molar refractivity (Wildman–Crippen MR) is 62.3 cm³/mol. The minimum atomic E-state index is -0.127. The van der Waals surface area contributed by atoms with Gasteiger partial charge in [-0.05, 0) is 25.2 Å². The van der Waals surface area contributed by atoms with E-state index in [1.165, 1.54) is 0 Å². The van der Waals surface area contributed by atoms with E-state index in [1.54, 1.807) is 0 Å². The molecule has 4 nitrogen and oxygen atoms in total. The fraction of sp³-hybridized carbons (Fsp3) is 0.917.